The molecule has 1 rings (SSSR count). The van der Waals surface area contributed by atoms with Crippen LogP contribution < -0.4 is 16.2 Å². The van der Waals surface area contributed by atoms with E-state index in [0.717, 1.165) is 23.7 Å². The van der Waals surface area contributed by atoms with Gasteiger partial charge in [0.05, 0.1) is 17.1 Å². The lowest BCUT2D eigenvalue weighted by Crippen LogP contribution is -2.35. The van der Waals surface area contributed by atoms with E-state index in [2.05, 4.69) is 40.2 Å². The second-order valence-electron chi connectivity index (χ2n) is 5.23. The molecule has 1 aromatic carbocycles. The molecule has 0 aliphatic rings. The first-order valence-corrected chi connectivity index (χ1v) is 7.81. The molecule has 0 aliphatic heterocycles. The van der Waals surface area contributed by atoms with Crippen LogP contribution in [0.1, 0.15) is 27.7 Å². The molecular weight excluding hydrogens is 318 g/mol. The standard InChI is InChI=1S/C15H22ClN5S/c1-10(2)9-17-15(22)21-19-12(4)11(3)18-20-14-7-5-13(16)6-8-14/h5-8,10,20H,9H2,1-4H3,(H2,17,21,22)/b18-11-,19-12+. The highest BCUT2D eigenvalue weighted by atomic mass is 35.5. The fraction of sp³-hybridized carbons (Fsp3) is 0.400. The monoisotopic (exact) mass is 339 g/mol. The van der Waals surface area contributed by atoms with Gasteiger partial charge < -0.3 is 5.32 Å². The number of thiocarbonyl (C=S) groups is 1. The molecule has 5 nitrogen and oxygen atoms in total. The van der Waals surface area contributed by atoms with Crippen LogP contribution >= 0.6 is 23.8 Å². The lowest BCUT2D eigenvalue weighted by molar-refractivity contribution is 0.621. The van der Waals surface area contributed by atoms with Crippen LogP contribution in [-0.4, -0.2) is 23.1 Å². The summed E-state index contributed by atoms with van der Waals surface area (Å²) in [6.07, 6.45) is 0. The molecule has 0 fully saturated rings. The number of hydrazone groups is 2. The topological polar surface area (TPSA) is 60.8 Å². The fourth-order valence-corrected chi connectivity index (χ4v) is 1.56. The van der Waals surface area contributed by atoms with E-state index in [1.54, 1.807) is 12.1 Å². The lowest BCUT2D eigenvalue weighted by Gasteiger charge is -2.09. The Balaban J connectivity index is 2.50. The Hall–Kier alpha value is -1.66. The Morgan fingerprint density at radius 1 is 1.14 bits per heavy atom. The summed E-state index contributed by atoms with van der Waals surface area (Å²) in [4.78, 5) is 0. The van der Waals surface area contributed by atoms with Gasteiger partial charge in [-0.25, -0.2) is 0 Å². The minimum absolute atomic E-state index is 0.506. The zero-order chi connectivity index (χ0) is 16.5. The minimum atomic E-state index is 0.506. The summed E-state index contributed by atoms with van der Waals surface area (Å²) in [5.41, 5.74) is 8.12. The number of halogens is 1. The van der Waals surface area contributed by atoms with E-state index in [1.165, 1.54) is 0 Å². The second-order valence-corrected chi connectivity index (χ2v) is 6.07. The molecule has 3 N–H and O–H groups in total. The van der Waals surface area contributed by atoms with Crippen molar-refractivity contribution in [2.75, 3.05) is 12.0 Å². The van der Waals surface area contributed by atoms with E-state index in [1.807, 2.05) is 26.0 Å². The van der Waals surface area contributed by atoms with Crippen molar-refractivity contribution in [1.29, 1.82) is 0 Å². The molecule has 0 amide bonds. The van der Waals surface area contributed by atoms with Gasteiger partial charge in [-0.1, -0.05) is 25.4 Å². The number of nitrogens with one attached hydrogen (secondary N) is 3. The first kappa shape index (κ1) is 18.4. The molecule has 0 saturated heterocycles. The predicted octanol–water partition coefficient (Wildman–Crippen LogP) is 3.62. The molecule has 1 aromatic rings. The number of benzene rings is 1. The van der Waals surface area contributed by atoms with Crippen molar-refractivity contribution < 1.29 is 0 Å². The summed E-state index contributed by atoms with van der Waals surface area (Å²) in [6, 6.07) is 7.32. The molecule has 7 heteroatoms. The molecule has 0 atom stereocenters. The van der Waals surface area contributed by atoms with E-state index < -0.39 is 0 Å². The Labute approximate surface area is 142 Å². The molecular formula is C15H22ClN5S. The normalized spacial score (nSPS) is 12.3. The third kappa shape index (κ3) is 7.38. The van der Waals surface area contributed by atoms with Crippen molar-refractivity contribution in [3.63, 3.8) is 0 Å². The summed E-state index contributed by atoms with van der Waals surface area (Å²) in [5, 5.41) is 12.7. The Morgan fingerprint density at radius 2 is 1.73 bits per heavy atom. The van der Waals surface area contributed by atoms with E-state index in [9.17, 15) is 0 Å². The number of hydrogen-bond donors (Lipinski definition) is 3. The van der Waals surface area contributed by atoms with Gasteiger partial charge in [0.15, 0.2) is 5.11 Å². The van der Waals surface area contributed by atoms with E-state index in [0.29, 0.717) is 16.1 Å². The van der Waals surface area contributed by atoms with Crippen molar-refractivity contribution in [2.45, 2.75) is 27.7 Å². The van der Waals surface area contributed by atoms with Crippen molar-refractivity contribution in [1.82, 2.24) is 10.7 Å². The SMILES string of the molecule is CC(=N/Nc1ccc(Cl)cc1)/C(C)=N/NC(=S)NCC(C)C. The molecule has 0 aromatic heterocycles. The average molecular weight is 340 g/mol. The zero-order valence-corrected chi connectivity index (χ0v) is 14.8. The molecule has 0 heterocycles. The first-order chi connectivity index (χ1) is 10.4. The van der Waals surface area contributed by atoms with Crippen LogP contribution in [0.15, 0.2) is 34.5 Å². The van der Waals surface area contributed by atoms with Crippen LogP contribution in [0.4, 0.5) is 5.69 Å². The van der Waals surface area contributed by atoms with Gasteiger partial charge in [-0.05, 0) is 56.2 Å². The molecule has 120 valence electrons. The zero-order valence-electron chi connectivity index (χ0n) is 13.3. The van der Waals surface area contributed by atoms with Gasteiger partial charge in [0, 0.05) is 11.6 Å². The van der Waals surface area contributed by atoms with Gasteiger partial charge in [-0.2, -0.15) is 10.2 Å². The van der Waals surface area contributed by atoms with Gasteiger partial charge in [-0.3, -0.25) is 10.9 Å². The maximum absolute atomic E-state index is 5.83. The van der Waals surface area contributed by atoms with E-state index in [4.69, 9.17) is 23.8 Å². The highest BCUT2D eigenvalue weighted by Crippen LogP contribution is 2.13. The summed E-state index contributed by atoms with van der Waals surface area (Å²) < 4.78 is 0. The number of anilines is 1. The Kier molecular flexibility index (Phi) is 7.84. The fourth-order valence-electron chi connectivity index (χ4n) is 1.31. The molecule has 0 aliphatic carbocycles. The van der Waals surface area contributed by atoms with Gasteiger partial charge in [0.1, 0.15) is 0 Å². The molecule has 0 saturated carbocycles. The van der Waals surface area contributed by atoms with Crippen LogP contribution in [0, 0.1) is 5.92 Å². The number of hydrogen-bond acceptors (Lipinski definition) is 4. The summed E-state index contributed by atoms with van der Waals surface area (Å²) in [7, 11) is 0. The number of nitrogens with zero attached hydrogens (tertiary/aromatic N) is 2. The third-order valence-electron chi connectivity index (χ3n) is 2.72. The average Bonchev–Trinajstić information content (AvgIpc) is 2.49. The van der Waals surface area contributed by atoms with Gasteiger partial charge in [0.2, 0.25) is 0 Å². The van der Waals surface area contributed by atoms with Crippen molar-refractivity contribution in [3.05, 3.63) is 29.3 Å². The van der Waals surface area contributed by atoms with Crippen molar-refractivity contribution in [2.24, 2.45) is 16.1 Å². The largest absolute Gasteiger partial charge is 0.361 e. The van der Waals surface area contributed by atoms with Crippen LogP contribution in [0.5, 0.6) is 0 Å². The van der Waals surface area contributed by atoms with Crippen LogP contribution in [-0.2, 0) is 0 Å². The van der Waals surface area contributed by atoms with Crippen LogP contribution in [0.25, 0.3) is 0 Å². The smallest absolute Gasteiger partial charge is 0.186 e. The van der Waals surface area contributed by atoms with Gasteiger partial charge in [0.25, 0.3) is 0 Å². The highest BCUT2D eigenvalue weighted by molar-refractivity contribution is 7.80. The van der Waals surface area contributed by atoms with Crippen LogP contribution in [0.2, 0.25) is 5.02 Å². The second kappa shape index (κ2) is 9.38. The summed E-state index contributed by atoms with van der Waals surface area (Å²) in [6.45, 7) is 8.77. The van der Waals surface area contributed by atoms with Gasteiger partial charge in [-0.15, -0.1) is 0 Å². The maximum Gasteiger partial charge on any atom is 0.186 e. The molecule has 22 heavy (non-hydrogen) atoms. The van der Waals surface area contributed by atoms with E-state index in [-0.39, 0.29) is 0 Å². The molecule has 0 radical (unpaired) electrons. The summed E-state index contributed by atoms with van der Waals surface area (Å²) in [5.74, 6) is 0.525. The molecule has 0 bridgehead atoms. The molecule has 0 unspecified atom stereocenters. The predicted molar refractivity (Wildman–Crippen MR) is 99.9 cm³/mol. The molecule has 0 spiro atoms. The Morgan fingerprint density at radius 3 is 2.32 bits per heavy atom. The first-order valence-electron chi connectivity index (χ1n) is 7.03. The third-order valence-corrected chi connectivity index (χ3v) is 3.20. The van der Waals surface area contributed by atoms with Gasteiger partial charge >= 0.3 is 0 Å². The summed E-state index contributed by atoms with van der Waals surface area (Å²) >= 11 is 11.0. The minimum Gasteiger partial charge on any atom is -0.361 e. The Bertz CT molecular complexity index is 552. The quantitative estimate of drug-likeness (QED) is 0.421. The highest BCUT2D eigenvalue weighted by Gasteiger charge is 2.00. The van der Waals surface area contributed by atoms with Crippen molar-refractivity contribution >= 4 is 46.0 Å². The van der Waals surface area contributed by atoms with Crippen molar-refractivity contribution in [3.8, 4) is 0 Å². The maximum atomic E-state index is 5.83. The van der Waals surface area contributed by atoms with E-state index >= 15 is 0 Å². The number of rotatable bonds is 6. The lowest BCUT2D eigenvalue weighted by atomic mass is 10.2. The van der Waals surface area contributed by atoms with Crippen LogP contribution in [0.3, 0.4) is 0 Å².